The molecule has 1 aromatic heterocycles. The maximum Gasteiger partial charge on any atom is 0.0517 e. The van der Waals surface area contributed by atoms with Crippen molar-refractivity contribution in [3.63, 3.8) is 0 Å². The van der Waals surface area contributed by atoms with Crippen molar-refractivity contribution in [1.29, 1.82) is 0 Å². The zero-order valence-electron chi connectivity index (χ0n) is 8.21. The van der Waals surface area contributed by atoms with Crippen LogP contribution < -0.4 is 0 Å². The maximum absolute atomic E-state index is 5.92. The van der Waals surface area contributed by atoms with E-state index >= 15 is 0 Å². The Labute approximate surface area is 84.5 Å². The third-order valence-electron chi connectivity index (χ3n) is 1.96. The van der Waals surface area contributed by atoms with Crippen LogP contribution in [0.3, 0.4) is 0 Å². The van der Waals surface area contributed by atoms with Crippen molar-refractivity contribution in [3.05, 3.63) is 35.2 Å². The summed E-state index contributed by atoms with van der Waals surface area (Å²) < 4.78 is 0. The normalized spacial score (nSPS) is 14.3. The van der Waals surface area contributed by atoms with Gasteiger partial charge >= 0.3 is 0 Å². The molecule has 0 aliphatic carbocycles. The Morgan fingerprint density at radius 1 is 1.54 bits per heavy atom. The molecule has 0 radical (unpaired) electrons. The number of allylic oxidation sites excluding steroid dienone is 1. The Morgan fingerprint density at radius 3 is 2.69 bits per heavy atom. The fourth-order valence-electron chi connectivity index (χ4n) is 0.942. The molecule has 0 saturated carbocycles. The Kier molecular flexibility index (Phi) is 3.49. The number of hydrogen-bond acceptors (Lipinski definition) is 1. The van der Waals surface area contributed by atoms with Crippen LogP contribution in [0.2, 0.25) is 0 Å². The van der Waals surface area contributed by atoms with Crippen molar-refractivity contribution >= 4 is 17.7 Å². The second-order valence-electron chi connectivity index (χ2n) is 3.24. The molecular formula is C11H14ClN. The molecule has 13 heavy (non-hydrogen) atoms. The molecule has 1 atom stereocenters. The first-order valence-electron chi connectivity index (χ1n) is 4.34. The lowest BCUT2D eigenvalue weighted by Crippen LogP contribution is -1.92. The van der Waals surface area contributed by atoms with Crippen molar-refractivity contribution in [2.75, 3.05) is 0 Å². The summed E-state index contributed by atoms with van der Waals surface area (Å²) in [4.78, 5) is 4.20. The predicted octanol–water partition coefficient (Wildman–Crippen LogP) is 3.42. The van der Waals surface area contributed by atoms with Gasteiger partial charge in [0.15, 0.2) is 0 Å². The molecule has 1 nitrogen and oxygen atoms in total. The number of aromatic nitrogens is 1. The lowest BCUT2D eigenvalue weighted by molar-refractivity contribution is 1.12. The minimum Gasteiger partial charge on any atom is -0.261 e. The molecule has 0 bridgehead atoms. The highest BCUT2D eigenvalue weighted by Crippen LogP contribution is 2.12. The molecule has 1 heterocycles. The Bertz CT molecular complexity index is 298. The second kappa shape index (κ2) is 4.43. The topological polar surface area (TPSA) is 12.9 Å². The van der Waals surface area contributed by atoms with Gasteiger partial charge in [0, 0.05) is 11.9 Å². The fraction of sp³-hybridized carbons (Fsp3) is 0.364. The first-order valence-corrected chi connectivity index (χ1v) is 4.78. The molecular weight excluding hydrogens is 182 g/mol. The lowest BCUT2D eigenvalue weighted by Gasteiger charge is -2.02. The molecule has 1 unspecified atom stereocenters. The molecule has 0 spiro atoms. The van der Waals surface area contributed by atoms with Crippen LogP contribution >= 0.6 is 11.6 Å². The number of halogens is 1. The molecule has 0 aliphatic rings. The minimum absolute atomic E-state index is 0.0845. The van der Waals surface area contributed by atoms with Crippen LogP contribution in [0.25, 0.3) is 6.08 Å². The summed E-state index contributed by atoms with van der Waals surface area (Å²) in [7, 11) is 0. The molecule has 2 heteroatoms. The Morgan fingerprint density at radius 2 is 2.23 bits per heavy atom. The van der Waals surface area contributed by atoms with Gasteiger partial charge in [-0.15, -0.1) is 11.6 Å². The first-order chi connectivity index (χ1) is 6.09. The molecule has 0 aromatic carbocycles. The van der Waals surface area contributed by atoms with Crippen molar-refractivity contribution in [1.82, 2.24) is 4.98 Å². The number of alkyl halides is 1. The van der Waals surface area contributed by atoms with Crippen molar-refractivity contribution in [2.45, 2.75) is 26.1 Å². The molecule has 1 rings (SSSR count). The number of rotatable bonds is 2. The summed E-state index contributed by atoms with van der Waals surface area (Å²) in [5.41, 5.74) is 3.30. The maximum atomic E-state index is 5.92. The van der Waals surface area contributed by atoms with Gasteiger partial charge in [0.05, 0.1) is 5.38 Å². The number of hydrogen-bond donors (Lipinski definition) is 0. The largest absolute Gasteiger partial charge is 0.261 e. The summed E-state index contributed by atoms with van der Waals surface area (Å²) in [6.45, 7) is 5.97. The molecule has 0 fully saturated rings. The van der Waals surface area contributed by atoms with E-state index in [1.54, 1.807) is 0 Å². The fourth-order valence-corrected chi connectivity index (χ4v) is 1.01. The zero-order chi connectivity index (χ0) is 9.84. The van der Waals surface area contributed by atoms with Crippen LogP contribution in [0.15, 0.2) is 23.9 Å². The number of aryl methyl sites for hydroxylation is 1. The summed E-state index contributed by atoms with van der Waals surface area (Å²) in [5, 5.41) is 0.0845. The summed E-state index contributed by atoms with van der Waals surface area (Å²) in [5.74, 6) is 0. The summed E-state index contributed by atoms with van der Waals surface area (Å²) in [6.07, 6.45) is 3.92. The van der Waals surface area contributed by atoms with E-state index in [1.165, 1.54) is 0 Å². The van der Waals surface area contributed by atoms with Crippen molar-refractivity contribution in [3.8, 4) is 0 Å². The van der Waals surface area contributed by atoms with Gasteiger partial charge in [-0.1, -0.05) is 17.7 Å². The van der Waals surface area contributed by atoms with Gasteiger partial charge < -0.3 is 0 Å². The Hall–Kier alpha value is -0.820. The Balaban J connectivity index is 2.85. The van der Waals surface area contributed by atoms with Gasteiger partial charge in [-0.3, -0.25) is 4.98 Å². The predicted molar refractivity (Wildman–Crippen MR) is 57.9 cm³/mol. The SMILES string of the molecule is C/C(=C\c1ccc(C)nc1)C(C)Cl. The van der Waals surface area contributed by atoms with Crippen LogP contribution in [0, 0.1) is 6.92 Å². The van der Waals surface area contributed by atoms with Crippen molar-refractivity contribution in [2.24, 2.45) is 0 Å². The van der Waals surface area contributed by atoms with E-state index in [0.717, 1.165) is 16.8 Å². The third-order valence-corrected chi connectivity index (χ3v) is 2.30. The van der Waals surface area contributed by atoms with Crippen molar-refractivity contribution < 1.29 is 0 Å². The first kappa shape index (κ1) is 10.3. The molecule has 1 aromatic rings. The average Bonchev–Trinajstić information content (AvgIpc) is 2.08. The van der Waals surface area contributed by atoms with E-state index in [-0.39, 0.29) is 5.38 Å². The second-order valence-corrected chi connectivity index (χ2v) is 3.89. The van der Waals surface area contributed by atoms with Crippen LogP contribution in [0.5, 0.6) is 0 Å². The molecule has 0 aliphatic heterocycles. The highest BCUT2D eigenvalue weighted by Gasteiger charge is 1.98. The molecule has 0 amide bonds. The van der Waals surface area contributed by atoms with E-state index in [0.29, 0.717) is 0 Å². The molecule has 0 saturated heterocycles. The average molecular weight is 196 g/mol. The molecule has 70 valence electrons. The minimum atomic E-state index is 0.0845. The number of pyridine rings is 1. The smallest absolute Gasteiger partial charge is 0.0517 e. The monoisotopic (exact) mass is 195 g/mol. The van der Waals surface area contributed by atoms with E-state index in [4.69, 9.17) is 11.6 Å². The highest BCUT2D eigenvalue weighted by atomic mass is 35.5. The van der Waals surface area contributed by atoms with Gasteiger partial charge in [0.2, 0.25) is 0 Å². The number of nitrogens with zero attached hydrogens (tertiary/aromatic N) is 1. The highest BCUT2D eigenvalue weighted by molar-refractivity contribution is 6.22. The van der Waals surface area contributed by atoms with Crippen LogP contribution in [-0.4, -0.2) is 10.4 Å². The van der Waals surface area contributed by atoms with Gasteiger partial charge in [-0.05, 0) is 32.4 Å². The zero-order valence-corrected chi connectivity index (χ0v) is 8.97. The van der Waals surface area contributed by atoms with E-state index < -0.39 is 0 Å². The molecule has 0 N–H and O–H groups in total. The quantitative estimate of drug-likeness (QED) is 0.659. The van der Waals surface area contributed by atoms with Crippen LogP contribution in [0.1, 0.15) is 25.1 Å². The summed E-state index contributed by atoms with van der Waals surface area (Å²) in [6, 6.07) is 4.04. The third kappa shape index (κ3) is 3.19. The van der Waals surface area contributed by atoms with Crippen LogP contribution in [0.4, 0.5) is 0 Å². The van der Waals surface area contributed by atoms with E-state index in [9.17, 15) is 0 Å². The van der Waals surface area contributed by atoms with Gasteiger partial charge in [0.1, 0.15) is 0 Å². The van der Waals surface area contributed by atoms with Gasteiger partial charge in [0.25, 0.3) is 0 Å². The van der Waals surface area contributed by atoms with Gasteiger partial charge in [-0.25, -0.2) is 0 Å². The van der Waals surface area contributed by atoms with E-state index in [1.807, 2.05) is 39.1 Å². The lowest BCUT2D eigenvalue weighted by atomic mass is 10.1. The van der Waals surface area contributed by atoms with Crippen LogP contribution in [-0.2, 0) is 0 Å². The van der Waals surface area contributed by atoms with Gasteiger partial charge in [-0.2, -0.15) is 0 Å². The standard InChI is InChI=1S/C11H14ClN/c1-8(10(3)12)6-11-5-4-9(2)13-7-11/h4-7,10H,1-3H3/b8-6+. The summed E-state index contributed by atoms with van der Waals surface area (Å²) >= 11 is 5.92. The van der Waals surface area contributed by atoms with E-state index in [2.05, 4.69) is 11.1 Å².